The number of ether oxygens (including phenoxy) is 2. The van der Waals surface area contributed by atoms with Gasteiger partial charge in [0, 0.05) is 7.11 Å². The predicted octanol–water partition coefficient (Wildman–Crippen LogP) is 1.94. The second kappa shape index (κ2) is 4.80. The van der Waals surface area contributed by atoms with Gasteiger partial charge in [-0.25, -0.2) is 0 Å². The molecule has 0 saturated heterocycles. The molecular weight excluding hydrogens is 235 g/mol. The molecule has 0 unspecified atom stereocenters. The lowest BCUT2D eigenvalue weighted by Crippen LogP contribution is -2.03. The molecule has 0 spiro atoms. The van der Waals surface area contributed by atoms with E-state index >= 15 is 0 Å². The molecule has 0 atom stereocenters. The van der Waals surface area contributed by atoms with Gasteiger partial charge < -0.3 is 9.47 Å². The second-order valence-corrected chi connectivity index (χ2v) is 4.72. The molecule has 0 heterocycles. The fraction of sp³-hybridized carbons (Fsp3) is 0.400. The Balaban J connectivity index is 3.18. The van der Waals surface area contributed by atoms with Gasteiger partial charge in [0.1, 0.15) is 5.75 Å². The summed E-state index contributed by atoms with van der Waals surface area (Å²) in [6.45, 7) is 3.35. The molecule has 1 aromatic rings. The predicted molar refractivity (Wildman–Crippen MR) is 56.7 cm³/mol. The number of rotatable bonds is 4. The summed E-state index contributed by atoms with van der Waals surface area (Å²) in [5, 5.41) is 0. The van der Waals surface area contributed by atoms with Gasteiger partial charge in [0.2, 0.25) is 0 Å². The van der Waals surface area contributed by atoms with Gasteiger partial charge in [-0.3, -0.25) is 0 Å². The lowest BCUT2D eigenvalue weighted by molar-refractivity contribution is 0.0501. The Morgan fingerprint density at radius 1 is 1.25 bits per heavy atom. The summed E-state index contributed by atoms with van der Waals surface area (Å²) in [5.41, 5.74) is 1.10. The standard InChI is InChI=1S/C10H13FO4S/c1-7-4-9(16(11,12)13)5-8(2)10(7)15-6-14-3/h4-5H,6H2,1-3H3. The summed E-state index contributed by atoms with van der Waals surface area (Å²) in [6, 6.07) is 2.46. The van der Waals surface area contributed by atoms with Gasteiger partial charge in [-0.1, -0.05) is 0 Å². The van der Waals surface area contributed by atoms with Crippen molar-refractivity contribution < 1.29 is 21.8 Å². The normalized spacial score (nSPS) is 11.5. The van der Waals surface area contributed by atoms with Crippen LogP contribution in [0.5, 0.6) is 5.75 Å². The number of benzene rings is 1. The van der Waals surface area contributed by atoms with Crippen LogP contribution < -0.4 is 4.74 Å². The van der Waals surface area contributed by atoms with Crippen molar-refractivity contribution in [2.75, 3.05) is 13.9 Å². The van der Waals surface area contributed by atoms with Gasteiger partial charge in [0.25, 0.3) is 0 Å². The van der Waals surface area contributed by atoms with Crippen molar-refractivity contribution >= 4 is 10.2 Å². The van der Waals surface area contributed by atoms with Crippen molar-refractivity contribution in [3.8, 4) is 5.75 Å². The third kappa shape index (κ3) is 2.93. The van der Waals surface area contributed by atoms with Crippen LogP contribution in [0.4, 0.5) is 3.89 Å². The summed E-state index contributed by atoms with van der Waals surface area (Å²) in [5.74, 6) is 0.509. The highest BCUT2D eigenvalue weighted by Crippen LogP contribution is 2.27. The minimum absolute atomic E-state index is 0.0589. The fourth-order valence-electron chi connectivity index (χ4n) is 1.40. The Morgan fingerprint density at radius 2 is 1.75 bits per heavy atom. The summed E-state index contributed by atoms with van der Waals surface area (Å²) in [6.07, 6.45) is 0. The zero-order chi connectivity index (χ0) is 12.3. The lowest BCUT2D eigenvalue weighted by atomic mass is 10.1. The molecule has 6 heteroatoms. The first kappa shape index (κ1) is 12.9. The summed E-state index contributed by atoms with van der Waals surface area (Å²) in [7, 11) is -3.19. The van der Waals surface area contributed by atoms with Gasteiger partial charge in [-0.15, -0.1) is 3.89 Å². The maximum Gasteiger partial charge on any atom is 0.332 e. The molecule has 1 rings (SSSR count). The smallest absolute Gasteiger partial charge is 0.332 e. The Kier molecular flexibility index (Phi) is 3.88. The van der Waals surface area contributed by atoms with Gasteiger partial charge in [0.05, 0.1) is 4.90 Å². The van der Waals surface area contributed by atoms with E-state index in [0.717, 1.165) is 0 Å². The van der Waals surface area contributed by atoms with Crippen molar-refractivity contribution in [3.63, 3.8) is 0 Å². The number of hydrogen-bond donors (Lipinski definition) is 0. The van der Waals surface area contributed by atoms with Gasteiger partial charge in [-0.2, -0.15) is 8.42 Å². The molecule has 0 amide bonds. The monoisotopic (exact) mass is 248 g/mol. The van der Waals surface area contributed by atoms with Gasteiger partial charge >= 0.3 is 10.2 Å². The highest BCUT2D eigenvalue weighted by molar-refractivity contribution is 7.86. The van der Waals surface area contributed by atoms with E-state index in [1.54, 1.807) is 13.8 Å². The zero-order valence-corrected chi connectivity index (χ0v) is 10.1. The van der Waals surface area contributed by atoms with E-state index in [0.29, 0.717) is 16.9 Å². The van der Waals surface area contributed by atoms with Crippen molar-refractivity contribution in [1.82, 2.24) is 0 Å². The molecule has 1 aromatic carbocycles. The average molecular weight is 248 g/mol. The first-order valence-electron chi connectivity index (χ1n) is 4.54. The molecule has 90 valence electrons. The van der Waals surface area contributed by atoms with Crippen LogP contribution >= 0.6 is 0 Å². The van der Waals surface area contributed by atoms with E-state index < -0.39 is 10.2 Å². The van der Waals surface area contributed by atoms with Crippen LogP contribution in [0.1, 0.15) is 11.1 Å². The van der Waals surface area contributed by atoms with Gasteiger partial charge in [-0.05, 0) is 37.1 Å². The average Bonchev–Trinajstić information content (AvgIpc) is 2.15. The third-order valence-electron chi connectivity index (χ3n) is 2.04. The van der Waals surface area contributed by atoms with Crippen LogP contribution in [0.3, 0.4) is 0 Å². The first-order chi connectivity index (χ1) is 7.36. The van der Waals surface area contributed by atoms with E-state index in [-0.39, 0.29) is 11.7 Å². The minimum Gasteiger partial charge on any atom is -0.467 e. The Morgan fingerprint density at radius 3 is 2.12 bits per heavy atom. The summed E-state index contributed by atoms with van der Waals surface area (Å²) in [4.78, 5) is -0.354. The van der Waals surface area contributed by atoms with Gasteiger partial charge in [0.15, 0.2) is 6.79 Å². The maximum atomic E-state index is 12.8. The largest absolute Gasteiger partial charge is 0.467 e. The van der Waals surface area contributed by atoms with Crippen LogP contribution in [-0.2, 0) is 15.0 Å². The summed E-state index contributed by atoms with van der Waals surface area (Å²) < 4.78 is 44.2. The molecule has 0 aromatic heterocycles. The Hall–Kier alpha value is -1.14. The number of hydrogen-bond acceptors (Lipinski definition) is 4. The Labute approximate surface area is 94.2 Å². The zero-order valence-electron chi connectivity index (χ0n) is 9.28. The first-order valence-corrected chi connectivity index (χ1v) is 5.92. The number of methoxy groups -OCH3 is 1. The molecule has 0 radical (unpaired) electrons. The topological polar surface area (TPSA) is 52.6 Å². The molecule has 0 aliphatic carbocycles. The van der Waals surface area contributed by atoms with Crippen molar-refractivity contribution in [3.05, 3.63) is 23.3 Å². The van der Waals surface area contributed by atoms with Crippen LogP contribution in [0.2, 0.25) is 0 Å². The summed E-state index contributed by atoms with van der Waals surface area (Å²) >= 11 is 0. The van der Waals surface area contributed by atoms with E-state index in [4.69, 9.17) is 9.47 Å². The molecule has 0 saturated carbocycles. The van der Waals surface area contributed by atoms with E-state index in [1.807, 2.05) is 0 Å². The second-order valence-electron chi connectivity index (χ2n) is 3.37. The van der Waals surface area contributed by atoms with Crippen molar-refractivity contribution in [2.45, 2.75) is 18.7 Å². The van der Waals surface area contributed by atoms with E-state index in [9.17, 15) is 12.3 Å². The number of halogens is 1. The molecular formula is C10H13FO4S. The highest BCUT2D eigenvalue weighted by Gasteiger charge is 2.15. The molecule has 0 fully saturated rings. The van der Waals surface area contributed by atoms with Crippen LogP contribution in [0.25, 0.3) is 0 Å². The highest BCUT2D eigenvalue weighted by atomic mass is 32.3. The molecule has 0 aliphatic rings. The molecule has 4 nitrogen and oxygen atoms in total. The third-order valence-corrected chi connectivity index (χ3v) is 2.84. The number of aryl methyl sites for hydroxylation is 2. The lowest BCUT2D eigenvalue weighted by Gasteiger charge is -2.11. The van der Waals surface area contributed by atoms with Crippen LogP contribution in [0.15, 0.2) is 17.0 Å². The quantitative estimate of drug-likeness (QED) is 0.603. The van der Waals surface area contributed by atoms with Crippen molar-refractivity contribution in [1.29, 1.82) is 0 Å². The molecule has 0 bridgehead atoms. The SMILES string of the molecule is COCOc1c(C)cc(S(=O)(=O)F)cc1C. The maximum absolute atomic E-state index is 12.8. The van der Waals surface area contributed by atoms with Crippen LogP contribution in [0, 0.1) is 13.8 Å². The van der Waals surface area contributed by atoms with Crippen LogP contribution in [-0.4, -0.2) is 22.3 Å². The van der Waals surface area contributed by atoms with E-state index in [1.165, 1.54) is 19.2 Å². The Bertz CT molecular complexity index is 459. The molecule has 0 aliphatic heterocycles. The minimum atomic E-state index is -4.67. The molecule has 16 heavy (non-hydrogen) atoms. The van der Waals surface area contributed by atoms with E-state index in [2.05, 4.69) is 0 Å². The molecule has 0 N–H and O–H groups in total. The fourth-order valence-corrected chi connectivity index (χ4v) is 2.03. The van der Waals surface area contributed by atoms with Crippen molar-refractivity contribution in [2.24, 2.45) is 0 Å².